The number of benzene rings is 2. The van der Waals surface area contributed by atoms with Crippen molar-refractivity contribution in [3.05, 3.63) is 64.1 Å². The lowest BCUT2D eigenvalue weighted by atomic mass is 10.0. The summed E-state index contributed by atoms with van der Waals surface area (Å²) in [6.07, 6.45) is 0. The summed E-state index contributed by atoms with van der Waals surface area (Å²) in [5, 5.41) is 3.02. The summed E-state index contributed by atoms with van der Waals surface area (Å²) in [6.45, 7) is 0. The molecule has 2 aromatic carbocycles. The number of carbonyl (C=O) groups is 1. The molecule has 0 saturated heterocycles. The number of ketones is 1. The van der Waals surface area contributed by atoms with Gasteiger partial charge in [0.05, 0.1) is 0 Å². The van der Waals surface area contributed by atoms with Gasteiger partial charge in [0, 0.05) is 28.3 Å². The third-order valence-electron chi connectivity index (χ3n) is 2.52. The molecule has 0 atom stereocenters. The van der Waals surface area contributed by atoms with Gasteiger partial charge in [0.15, 0.2) is 5.78 Å². The van der Waals surface area contributed by atoms with Crippen molar-refractivity contribution in [1.29, 1.82) is 0 Å². The first-order valence-corrected chi connectivity index (χ1v) is 6.08. The summed E-state index contributed by atoms with van der Waals surface area (Å²) in [4.78, 5) is 12.2. The summed E-state index contributed by atoms with van der Waals surface area (Å²) >= 11 is 3.35. The fourth-order valence-corrected chi connectivity index (χ4v) is 1.85. The first-order chi connectivity index (χ1) is 8.20. The van der Waals surface area contributed by atoms with Crippen LogP contribution in [0.3, 0.4) is 0 Å². The maximum atomic E-state index is 12.2. The van der Waals surface area contributed by atoms with Crippen molar-refractivity contribution >= 4 is 27.4 Å². The van der Waals surface area contributed by atoms with Gasteiger partial charge in [0.2, 0.25) is 0 Å². The summed E-state index contributed by atoms with van der Waals surface area (Å²) in [5.74, 6) is 0.0367. The van der Waals surface area contributed by atoms with Gasteiger partial charge in [-0.1, -0.05) is 28.1 Å². The predicted molar refractivity (Wildman–Crippen MR) is 73.6 cm³/mol. The molecular weight excluding hydrogens is 278 g/mol. The van der Waals surface area contributed by atoms with Crippen LogP contribution in [0.2, 0.25) is 0 Å². The highest BCUT2D eigenvalue weighted by Crippen LogP contribution is 2.16. The van der Waals surface area contributed by atoms with Crippen LogP contribution in [0.5, 0.6) is 0 Å². The van der Waals surface area contributed by atoms with E-state index < -0.39 is 0 Å². The van der Waals surface area contributed by atoms with Crippen LogP contribution in [0.4, 0.5) is 5.69 Å². The first kappa shape index (κ1) is 11.9. The van der Waals surface area contributed by atoms with E-state index in [9.17, 15) is 4.79 Å². The third kappa shape index (κ3) is 2.74. The molecule has 0 unspecified atom stereocenters. The zero-order valence-corrected chi connectivity index (χ0v) is 11.0. The molecule has 0 aliphatic carbocycles. The maximum Gasteiger partial charge on any atom is 0.193 e. The highest BCUT2D eigenvalue weighted by molar-refractivity contribution is 9.10. The van der Waals surface area contributed by atoms with E-state index in [1.54, 1.807) is 0 Å². The molecule has 0 spiro atoms. The van der Waals surface area contributed by atoms with Gasteiger partial charge < -0.3 is 5.32 Å². The van der Waals surface area contributed by atoms with Crippen molar-refractivity contribution in [1.82, 2.24) is 0 Å². The minimum atomic E-state index is 0.0367. The molecule has 0 fully saturated rings. The minimum Gasteiger partial charge on any atom is -0.388 e. The molecule has 1 N–H and O–H groups in total. The molecule has 0 amide bonds. The monoisotopic (exact) mass is 289 g/mol. The second-order valence-electron chi connectivity index (χ2n) is 3.67. The zero-order valence-electron chi connectivity index (χ0n) is 9.41. The van der Waals surface area contributed by atoms with Crippen molar-refractivity contribution in [2.24, 2.45) is 0 Å². The van der Waals surface area contributed by atoms with Crippen LogP contribution in [0.15, 0.2) is 53.0 Å². The maximum absolute atomic E-state index is 12.2. The smallest absolute Gasteiger partial charge is 0.193 e. The number of halogens is 1. The SMILES string of the molecule is CNc1cccc(C(=O)c2ccc(Br)cc2)c1. The van der Waals surface area contributed by atoms with E-state index in [1.807, 2.05) is 55.6 Å². The highest BCUT2D eigenvalue weighted by Gasteiger charge is 2.08. The van der Waals surface area contributed by atoms with Gasteiger partial charge in [-0.2, -0.15) is 0 Å². The molecular formula is C14H12BrNO. The minimum absolute atomic E-state index is 0.0367. The third-order valence-corrected chi connectivity index (χ3v) is 3.05. The highest BCUT2D eigenvalue weighted by atomic mass is 79.9. The predicted octanol–water partition coefficient (Wildman–Crippen LogP) is 3.72. The number of anilines is 1. The fourth-order valence-electron chi connectivity index (χ4n) is 1.58. The molecule has 0 saturated carbocycles. The Morgan fingerprint density at radius 3 is 2.41 bits per heavy atom. The lowest BCUT2D eigenvalue weighted by molar-refractivity contribution is 0.103. The second kappa shape index (κ2) is 5.15. The summed E-state index contributed by atoms with van der Waals surface area (Å²) in [5.41, 5.74) is 2.33. The largest absolute Gasteiger partial charge is 0.388 e. The molecule has 0 radical (unpaired) electrons. The van der Waals surface area contributed by atoms with Crippen molar-refractivity contribution in [3.63, 3.8) is 0 Å². The van der Waals surface area contributed by atoms with Gasteiger partial charge in [0.1, 0.15) is 0 Å². The van der Waals surface area contributed by atoms with Crippen LogP contribution in [-0.2, 0) is 0 Å². The van der Waals surface area contributed by atoms with Crippen molar-refractivity contribution in [3.8, 4) is 0 Å². The zero-order chi connectivity index (χ0) is 12.3. The van der Waals surface area contributed by atoms with Crippen LogP contribution in [-0.4, -0.2) is 12.8 Å². The van der Waals surface area contributed by atoms with Gasteiger partial charge >= 0.3 is 0 Å². The van der Waals surface area contributed by atoms with E-state index in [1.165, 1.54) is 0 Å². The Hall–Kier alpha value is -1.61. The average Bonchev–Trinajstić information content (AvgIpc) is 2.39. The van der Waals surface area contributed by atoms with Crippen LogP contribution in [0.1, 0.15) is 15.9 Å². The van der Waals surface area contributed by atoms with Crippen molar-refractivity contribution in [2.75, 3.05) is 12.4 Å². The van der Waals surface area contributed by atoms with Crippen LogP contribution >= 0.6 is 15.9 Å². The Kier molecular flexibility index (Phi) is 3.59. The van der Waals surface area contributed by atoms with Crippen molar-refractivity contribution in [2.45, 2.75) is 0 Å². The fraction of sp³-hybridized carbons (Fsp3) is 0.0714. The standard InChI is InChI=1S/C14H12BrNO/c1-16-13-4-2-3-11(9-13)14(17)10-5-7-12(15)8-6-10/h2-9,16H,1H3. The molecule has 2 aromatic rings. The van der Waals surface area contributed by atoms with Gasteiger partial charge in [-0.05, 0) is 36.4 Å². The van der Waals surface area contributed by atoms with E-state index in [2.05, 4.69) is 21.2 Å². The van der Waals surface area contributed by atoms with E-state index >= 15 is 0 Å². The molecule has 0 aromatic heterocycles. The Morgan fingerprint density at radius 1 is 1.06 bits per heavy atom. The lowest BCUT2D eigenvalue weighted by Crippen LogP contribution is -2.01. The van der Waals surface area contributed by atoms with Gasteiger partial charge in [-0.15, -0.1) is 0 Å². The Balaban J connectivity index is 2.33. The Morgan fingerprint density at radius 2 is 1.76 bits per heavy atom. The molecule has 3 heteroatoms. The molecule has 0 heterocycles. The molecule has 0 bridgehead atoms. The number of hydrogen-bond donors (Lipinski definition) is 1. The summed E-state index contributed by atoms with van der Waals surface area (Å²) < 4.78 is 0.970. The summed E-state index contributed by atoms with van der Waals surface area (Å²) in [6, 6.07) is 14.9. The number of carbonyl (C=O) groups excluding carboxylic acids is 1. The van der Waals surface area contributed by atoms with Crippen LogP contribution in [0, 0.1) is 0 Å². The molecule has 17 heavy (non-hydrogen) atoms. The van der Waals surface area contributed by atoms with E-state index in [-0.39, 0.29) is 5.78 Å². The molecule has 0 aliphatic rings. The van der Waals surface area contributed by atoms with E-state index in [0.29, 0.717) is 11.1 Å². The van der Waals surface area contributed by atoms with Crippen LogP contribution in [0.25, 0.3) is 0 Å². The molecule has 0 aliphatic heterocycles. The number of rotatable bonds is 3. The molecule has 86 valence electrons. The summed E-state index contributed by atoms with van der Waals surface area (Å²) in [7, 11) is 1.84. The van der Waals surface area contributed by atoms with E-state index in [0.717, 1.165) is 10.2 Å². The van der Waals surface area contributed by atoms with Gasteiger partial charge in [-0.25, -0.2) is 0 Å². The molecule has 2 nitrogen and oxygen atoms in total. The van der Waals surface area contributed by atoms with Gasteiger partial charge in [-0.3, -0.25) is 4.79 Å². The first-order valence-electron chi connectivity index (χ1n) is 5.29. The average molecular weight is 290 g/mol. The molecule has 2 rings (SSSR count). The quantitative estimate of drug-likeness (QED) is 0.873. The lowest BCUT2D eigenvalue weighted by Gasteiger charge is -2.04. The Bertz CT molecular complexity index is 534. The van der Waals surface area contributed by atoms with Crippen molar-refractivity contribution < 1.29 is 4.79 Å². The van der Waals surface area contributed by atoms with Gasteiger partial charge in [0.25, 0.3) is 0 Å². The van der Waals surface area contributed by atoms with E-state index in [4.69, 9.17) is 0 Å². The van der Waals surface area contributed by atoms with Crippen LogP contribution < -0.4 is 5.32 Å². The number of nitrogens with one attached hydrogen (secondary N) is 1. The second-order valence-corrected chi connectivity index (χ2v) is 4.58. The normalized spacial score (nSPS) is 10.0. The topological polar surface area (TPSA) is 29.1 Å². The number of hydrogen-bond acceptors (Lipinski definition) is 2. The Labute approximate surface area is 109 Å².